The Morgan fingerprint density at radius 3 is 1.83 bits per heavy atom. The van der Waals surface area contributed by atoms with Crippen molar-refractivity contribution in [3.63, 3.8) is 0 Å². The van der Waals surface area contributed by atoms with Crippen molar-refractivity contribution < 1.29 is 9.53 Å². The summed E-state index contributed by atoms with van der Waals surface area (Å²) in [5.74, 6) is -0.211. The first-order valence-electron chi connectivity index (χ1n) is 3.36. The zero-order valence-electron chi connectivity index (χ0n) is 7.44. The molecule has 2 heteroatoms. The average molecular weight is 164 g/mol. The molecule has 0 aliphatic carbocycles. The first kappa shape index (κ1) is 13.0. The summed E-state index contributed by atoms with van der Waals surface area (Å²) in [4.78, 5) is 9.82. The normalized spacial score (nSPS) is 5.50. The largest absolute Gasteiger partial charge is 0.466 e. The monoisotopic (exact) mass is 164 g/mol. The van der Waals surface area contributed by atoms with Crippen LogP contribution >= 0.6 is 0 Å². The second kappa shape index (κ2) is 12.0. The van der Waals surface area contributed by atoms with Crippen LogP contribution in [0.1, 0.15) is 13.8 Å². The fourth-order valence-corrected chi connectivity index (χ4v) is 0.292. The maximum atomic E-state index is 9.82. The third-order valence-electron chi connectivity index (χ3n) is 0.587. The molecular formula is C10H12O2. The van der Waals surface area contributed by atoms with Crippen LogP contribution in [0.5, 0.6) is 0 Å². The molecule has 0 aromatic heterocycles. The van der Waals surface area contributed by atoms with Gasteiger partial charge in [-0.05, 0) is 31.5 Å². The molecule has 0 aliphatic rings. The standard InChI is InChI=1S/C6H4.C4H8O2/c1-3-5-6-4-2;1-3-6-4(2)5/h1-2H2;3H2,1-2H3. The van der Waals surface area contributed by atoms with Crippen LogP contribution in [0.3, 0.4) is 0 Å². The van der Waals surface area contributed by atoms with Crippen molar-refractivity contribution in [3.8, 4) is 0 Å². The van der Waals surface area contributed by atoms with E-state index in [-0.39, 0.29) is 5.97 Å². The Morgan fingerprint density at radius 1 is 1.33 bits per heavy atom. The molecule has 0 fully saturated rings. The van der Waals surface area contributed by atoms with Crippen molar-refractivity contribution in [1.82, 2.24) is 0 Å². The van der Waals surface area contributed by atoms with Gasteiger partial charge in [0.2, 0.25) is 0 Å². The number of hydrogen-bond acceptors (Lipinski definition) is 2. The summed E-state index contributed by atoms with van der Waals surface area (Å²) < 4.78 is 4.40. The molecule has 0 radical (unpaired) electrons. The van der Waals surface area contributed by atoms with Gasteiger partial charge in [0.25, 0.3) is 0 Å². The number of esters is 1. The van der Waals surface area contributed by atoms with Crippen LogP contribution in [0.15, 0.2) is 36.1 Å². The Morgan fingerprint density at radius 2 is 1.75 bits per heavy atom. The summed E-state index contributed by atoms with van der Waals surface area (Å²) >= 11 is 0. The average Bonchev–Trinajstić information content (AvgIpc) is 2.02. The van der Waals surface area contributed by atoms with E-state index in [4.69, 9.17) is 0 Å². The van der Waals surface area contributed by atoms with Crippen molar-refractivity contribution in [2.75, 3.05) is 6.61 Å². The molecule has 0 bridgehead atoms. The highest BCUT2D eigenvalue weighted by molar-refractivity contribution is 5.65. The second-order valence-corrected chi connectivity index (χ2v) is 1.53. The highest BCUT2D eigenvalue weighted by Gasteiger charge is 1.81. The fraction of sp³-hybridized carbons (Fsp3) is 0.300. The van der Waals surface area contributed by atoms with Crippen LogP contribution in [0.2, 0.25) is 0 Å². The minimum atomic E-state index is -0.211. The Kier molecular flexibility index (Phi) is 13.0. The minimum Gasteiger partial charge on any atom is -0.466 e. The van der Waals surface area contributed by atoms with E-state index in [9.17, 15) is 4.79 Å². The van der Waals surface area contributed by atoms with Crippen molar-refractivity contribution >= 4 is 5.97 Å². The van der Waals surface area contributed by atoms with Crippen LogP contribution < -0.4 is 0 Å². The van der Waals surface area contributed by atoms with Crippen LogP contribution in [0.25, 0.3) is 0 Å². The molecule has 0 rings (SSSR count). The van der Waals surface area contributed by atoms with Gasteiger partial charge >= 0.3 is 5.97 Å². The summed E-state index contributed by atoms with van der Waals surface area (Å²) in [7, 11) is 0. The molecule has 0 amide bonds. The first-order valence-corrected chi connectivity index (χ1v) is 3.36. The van der Waals surface area contributed by atoms with E-state index < -0.39 is 0 Å². The zero-order chi connectivity index (χ0) is 9.82. The molecule has 0 aromatic rings. The SMILES string of the molecule is C=C=C=C=C=C.CCOC(C)=O. The second-order valence-electron chi connectivity index (χ2n) is 1.53. The summed E-state index contributed by atoms with van der Waals surface area (Å²) in [6.07, 6.45) is 0. The molecule has 2 nitrogen and oxygen atoms in total. The van der Waals surface area contributed by atoms with Gasteiger partial charge in [0.15, 0.2) is 0 Å². The van der Waals surface area contributed by atoms with Crippen LogP contribution in [0.4, 0.5) is 0 Å². The Bertz CT molecular complexity index is 234. The van der Waals surface area contributed by atoms with E-state index in [1.165, 1.54) is 6.92 Å². The lowest BCUT2D eigenvalue weighted by Gasteiger charge is -1.89. The maximum Gasteiger partial charge on any atom is 0.302 e. The molecule has 0 spiro atoms. The van der Waals surface area contributed by atoms with Gasteiger partial charge in [0.05, 0.1) is 6.61 Å². The molecule has 0 N–H and O–H groups in total. The molecule has 0 atom stereocenters. The summed E-state index contributed by atoms with van der Waals surface area (Å²) in [5.41, 5.74) is 9.54. The summed E-state index contributed by atoms with van der Waals surface area (Å²) in [6.45, 7) is 10.1. The van der Waals surface area contributed by atoms with Gasteiger partial charge in [0.1, 0.15) is 0 Å². The van der Waals surface area contributed by atoms with E-state index in [2.05, 4.69) is 40.8 Å². The van der Waals surface area contributed by atoms with E-state index in [1.54, 1.807) is 6.92 Å². The van der Waals surface area contributed by atoms with E-state index in [0.29, 0.717) is 6.61 Å². The van der Waals surface area contributed by atoms with Gasteiger partial charge in [-0.25, -0.2) is 0 Å². The highest BCUT2D eigenvalue weighted by Crippen LogP contribution is 1.69. The molecule has 0 aromatic carbocycles. The number of carbonyl (C=O) groups excluding carboxylic acids is 1. The predicted molar refractivity (Wildman–Crippen MR) is 47.6 cm³/mol. The molecule has 0 saturated carbocycles. The number of carbonyl (C=O) groups is 1. The zero-order valence-corrected chi connectivity index (χ0v) is 7.44. The lowest BCUT2D eigenvalue weighted by Crippen LogP contribution is -1.95. The molecular weight excluding hydrogens is 152 g/mol. The molecule has 0 aliphatic heterocycles. The third-order valence-corrected chi connectivity index (χ3v) is 0.587. The first-order chi connectivity index (χ1) is 5.68. The number of hydrogen-bond donors (Lipinski definition) is 0. The van der Waals surface area contributed by atoms with E-state index in [1.807, 2.05) is 0 Å². The maximum absolute atomic E-state index is 9.82. The van der Waals surface area contributed by atoms with Crippen molar-refractivity contribution in [2.24, 2.45) is 0 Å². The van der Waals surface area contributed by atoms with Gasteiger partial charge in [-0.2, -0.15) is 0 Å². The van der Waals surface area contributed by atoms with Gasteiger partial charge < -0.3 is 4.74 Å². The van der Waals surface area contributed by atoms with Crippen molar-refractivity contribution in [1.29, 1.82) is 0 Å². The van der Waals surface area contributed by atoms with Gasteiger partial charge in [-0.15, -0.1) is 0 Å². The van der Waals surface area contributed by atoms with Crippen molar-refractivity contribution in [2.45, 2.75) is 13.8 Å². The molecule has 0 heterocycles. The highest BCUT2D eigenvalue weighted by atomic mass is 16.5. The topological polar surface area (TPSA) is 26.3 Å². The van der Waals surface area contributed by atoms with Crippen molar-refractivity contribution in [3.05, 3.63) is 36.1 Å². The minimum absolute atomic E-state index is 0.211. The molecule has 0 saturated heterocycles. The van der Waals surface area contributed by atoms with Gasteiger partial charge in [-0.1, -0.05) is 11.5 Å². The van der Waals surface area contributed by atoms with E-state index >= 15 is 0 Å². The summed E-state index contributed by atoms with van der Waals surface area (Å²) in [6, 6.07) is 0. The van der Waals surface area contributed by atoms with Gasteiger partial charge in [0, 0.05) is 6.92 Å². The number of rotatable bonds is 1. The lowest BCUT2D eigenvalue weighted by molar-refractivity contribution is -0.140. The molecule has 64 valence electrons. The van der Waals surface area contributed by atoms with Crippen LogP contribution in [-0.2, 0) is 9.53 Å². The molecule has 12 heavy (non-hydrogen) atoms. The Balaban J connectivity index is 0. The quantitative estimate of drug-likeness (QED) is 0.437. The fourth-order valence-electron chi connectivity index (χ4n) is 0.292. The van der Waals surface area contributed by atoms with Crippen LogP contribution in [-0.4, -0.2) is 12.6 Å². The smallest absolute Gasteiger partial charge is 0.302 e. The lowest BCUT2D eigenvalue weighted by atomic mass is 10.7. The van der Waals surface area contributed by atoms with Crippen LogP contribution in [0, 0.1) is 0 Å². The summed E-state index contributed by atoms with van der Waals surface area (Å²) in [5, 5.41) is 0. The molecule has 0 unspecified atom stereocenters. The van der Waals surface area contributed by atoms with E-state index in [0.717, 1.165) is 0 Å². The third kappa shape index (κ3) is 23.9. The van der Waals surface area contributed by atoms with Gasteiger partial charge in [-0.3, -0.25) is 4.79 Å². The Hall–Kier alpha value is -1.67. The number of ether oxygens (including phenoxy) is 1. The Labute approximate surface area is 72.9 Å². The predicted octanol–water partition coefficient (Wildman–Crippen LogP) is 1.99.